The van der Waals surface area contributed by atoms with Crippen LogP contribution in [-0.4, -0.2) is 119 Å². The van der Waals surface area contributed by atoms with Crippen LogP contribution in [-0.2, 0) is 23.7 Å². The third-order valence-electron chi connectivity index (χ3n) is 4.37. The van der Waals surface area contributed by atoms with Crippen molar-refractivity contribution in [3.05, 3.63) is 0 Å². The van der Waals surface area contributed by atoms with E-state index in [4.69, 9.17) is 23.7 Å². The molecule has 6 N–H and O–H groups in total. The standard InChI is InChI=1S/C14H26O11/c1-21-13-11(19)9(17)7(15)5(24-13)3-23-4-6-8(16)10(18)12(20)14(22-2)25-6/h5-20H,3-4H2,1-2H3/t5-,6-,7-,8-,9+,10+,11+,12+,13+,14+/m1/s1. The second kappa shape index (κ2) is 8.97. The molecule has 2 heterocycles. The van der Waals surface area contributed by atoms with Gasteiger partial charge >= 0.3 is 0 Å². The highest BCUT2D eigenvalue weighted by atomic mass is 16.7. The van der Waals surface area contributed by atoms with Crippen LogP contribution in [0.5, 0.6) is 0 Å². The molecule has 148 valence electrons. The molecule has 0 aromatic heterocycles. The van der Waals surface area contributed by atoms with Gasteiger partial charge in [-0.15, -0.1) is 0 Å². The van der Waals surface area contributed by atoms with Gasteiger partial charge in [-0.05, 0) is 0 Å². The highest BCUT2D eigenvalue weighted by molar-refractivity contribution is 4.91. The van der Waals surface area contributed by atoms with Gasteiger partial charge in [0.1, 0.15) is 48.8 Å². The average Bonchev–Trinajstić information content (AvgIpc) is 2.61. The van der Waals surface area contributed by atoms with Gasteiger partial charge in [-0.25, -0.2) is 0 Å². The summed E-state index contributed by atoms with van der Waals surface area (Å²) < 4.78 is 25.7. The normalized spacial score (nSPS) is 48.5. The highest BCUT2D eigenvalue weighted by Crippen LogP contribution is 2.24. The average molecular weight is 370 g/mol. The van der Waals surface area contributed by atoms with Crippen molar-refractivity contribution < 1.29 is 54.3 Å². The van der Waals surface area contributed by atoms with Crippen molar-refractivity contribution in [2.45, 2.75) is 61.4 Å². The molecule has 0 bridgehead atoms. The van der Waals surface area contributed by atoms with Crippen molar-refractivity contribution in [3.8, 4) is 0 Å². The molecule has 0 unspecified atom stereocenters. The summed E-state index contributed by atoms with van der Waals surface area (Å²) in [7, 11) is 2.56. The lowest BCUT2D eigenvalue weighted by atomic mass is 9.98. The number of hydrogen-bond acceptors (Lipinski definition) is 11. The molecular weight excluding hydrogens is 344 g/mol. The Hall–Kier alpha value is -0.440. The number of aliphatic hydroxyl groups is 6. The van der Waals surface area contributed by atoms with E-state index in [1.165, 1.54) is 14.2 Å². The summed E-state index contributed by atoms with van der Waals surface area (Å²) in [5.41, 5.74) is 0. The molecule has 0 amide bonds. The lowest BCUT2D eigenvalue weighted by Crippen LogP contribution is -2.60. The molecule has 11 nitrogen and oxygen atoms in total. The van der Waals surface area contributed by atoms with E-state index in [1.54, 1.807) is 0 Å². The molecule has 0 aromatic carbocycles. The second-order valence-electron chi connectivity index (χ2n) is 6.04. The summed E-state index contributed by atoms with van der Waals surface area (Å²) in [5.74, 6) is 0. The van der Waals surface area contributed by atoms with Gasteiger partial charge in [-0.3, -0.25) is 0 Å². The minimum Gasteiger partial charge on any atom is -0.387 e. The Balaban J connectivity index is 1.87. The van der Waals surface area contributed by atoms with Crippen molar-refractivity contribution in [3.63, 3.8) is 0 Å². The van der Waals surface area contributed by atoms with Gasteiger partial charge in [0.25, 0.3) is 0 Å². The summed E-state index contributed by atoms with van der Waals surface area (Å²) in [6.07, 6.45) is -12.8. The van der Waals surface area contributed by atoms with Crippen LogP contribution < -0.4 is 0 Å². The predicted molar refractivity (Wildman–Crippen MR) is 78.2 cm³/mol. The molecule has 2 saturated heterocycles. The zero-order valence-corrected chi connectivity index (χ0v) is 13.9. The van der Waals surface area contributed by atoms with Crippen LogP contribution in [0.15, 0.2) is 0 Å². The predicted octanol–water partition coefficient (Wildman–Crippen LogP) is -4.09. The topological polar surface area (TPSA) is 168 Å². The molecule has 0 spiro atoms. The van der Waals surface area contributed by atoms with Gasteiger partial charge in [0.2, 0.25) is 0 Å². The smallest absolute Gasteiger partial charge is 0.186 e. The maximum Gasteiger partial charge on any atom is 0.186 e. The molecule has 2 aliphatic heterocycles. The van der Waals surface area contributed by atoms with E-state index in [0.717, 1.165) is 0 Å². The minimum absolute atomic E-state index is 0.201. The molecule has 2 aliphatic rings. The maximum atomic E-state index is 9.92. The zero-order valence-electron chi connectivity index (χ0n) is 13.9. The van der Waals surface area contributed by atoms with Crippen LogP contribution in [0.25, 0.3) is 0 Å². The van der Waals surface area contributed by atoms with Gasteiger partial charge in [-0.1, -0.05) is 0 Å². The maximum absolute atomic E-state index is 9.92. The number of hydrogen-bond donors (Lipinski definition) is 6. The number of ether oxygens (including phenoxy) is 5. The third kappa shape index (κ3) is 4.46. The molecule has 2 fully saturated rings. The first-order valence-electron chi connectivity index (χ1n) is 7.84. The molecule has 11 heteroatoms. The van der Waals surface area contributed by atoms with E-state index < -0.39 is 61.4 Å². The zero-order chi connectivity index (χ0) is 18.7. The van der Waals surface area contributed by atoms with Gasteiger partial charge < -0.3 is 54.3 Å². The third-order valence-corrected chi connectivity index (χ3v) is 4.37. The summed E-state index contributed by atoms with van der Waals surface area (Å²) in [6, 6.07) is 0. The van der Waals surface area contributed by atoms with Crippen LogP contribution in [0.2, 0.25) is 0 Å². The Morgan fingerprint density at radius 2 is 0.960 bits per heavy atom. The van der Waals surface area contributed by atoms with Gasteiger partial charge in [0, 0.05) is 14.2 Å². The molecule has 10 atom stereocenters. The molecule has 2 rings (SSSR count). The molecule has 0 aromatic rings. The van der Waals surface area contributed by atoms with Gasteiger partial charge in [0.15, 0.2) is 12.6 Å². The van der Waals surface area contributed by atoms with E-state index in [1.807, 2.05) is 0 Å². The van der Waals surface area contributed by atoms with Crippen molar-refractivity contribution >= 4 is 0 Å². The number of methoxy groups -OCH3 is 2. The fourth-order valence-corrected chi connectivity index (χ4v) is 2.80. The Morgan fingerprint density at radius 3 is 1.28 bits per heavy atom. The van der Waals surface area contributed by atoms with Crippen LogP contribution in [0, 0.1) is 0 Å². The Morgan fingerprint density at radius 1 is 0.600 bits per heavy atom. The Bertz CT molecular complexity index is 370. The largest absolute Gasteiger partial charge is 0.387 e. The van der Waals surface area contributed by atoms with E-state index in [-0.39, 0.29) is 13.2 Å². The van der Waals surface area contributed by atoms with E-state index >= 15 is 0 Å². The SMILES string of the molecule is CO[C@H]1O[C@H](COC[C@H]2O[C@H](OC)[C@@H](O)[C@@H](O)[C@@H]2O)[C@@H](O)[C@H](O)[C@@H]1O. The Labute approximate surface area is 144 Å². The summed E-state index contributed by atoms with van der Waals surface area (Å²) in [4.78, 5) is 0. The molecular formula is C14H26O11. The second-order valence-corrected chi connectivity index (χ2v) is 6.04. The van der Waals surface area contributed by atoms with E-state index in [0.29, 0.717) is 0 Å². The van der Waals surface area contributed by atoms with Crippen LogP contribution in [0.1, 0.15) is 0 Å². The lowest BCUT2D eigenvalue weighted by molar-refractivity contribution is -0.307. The number of rotatable bonds is 6. The molecule has 0 radical (unpaired) electrons. The fourth-order valence-electron chi connectivity index (χ4n) is 2.80. The van der Waals surface area contributed by atoms with E-state index in [9.17, 15) is 30.6 Å². The first kappa shape index (κ1) is 20.9. The lowest BCUT2D eigenvalue weighted by Gasteiger charge is -2.41. The summed E-state index contributed by atoms with van der Waals surface area (Å²) >= 11 is 0. The summed E-state index contributed by atoms with van der Waals surface area (Å²) in [5, 5.41) is 58.8. The minimum atomic E-state index is -1.47. The first-order chi connectivity index (χ1) is 11.8. The van der Waals surface area contributed by atoms with Gasteiger partial charge in [-0.2, -0.15) is 0 Å². The van der Waals surface area contributed by atoms with Crippen molar-refractivity contribution in [2.24, 2.45) is 0 Å². The van der Waals surface area contributed by atoms with Gasteiger partial charge in [0.05, 0.1) is 13.2 Å². The van der Waals surface area contributed by atoms with Crippen molar-refractivity contribution in [1.82, 2.24) is 0 Å². The van der Waals surface area contributed by atoms with Crippen LogP contribution >= 0.6 is 0 Å². The Kier molecular flexibility index (Phi) is 7.49. The van der Waals surface area contributed by atoms with Crippen molar-refractivity contribution in [2.75, 3.05) is 27.4 Å². The van der Waals surface area contributed by atoms with E-state index in [2.05, 4.69) is 0 Å². The molecule has 0 aliphatic carbocycles. The monoisotopic (exact) mass is 370 g/mol. The fraction of sp³-hybridized carbons (Fsp3) is 1.00. The quantitative estimate of drug-likeness (QED) is 0.269. The van der Waals surface area contributed by atoms with Crippen molar-refractivity contribution in [1.29, 1.82) is 0 Å². The first-order valence-corrected chi connectivity index (χ1v) is 7.84. The highest BCUT2D eigenvalue weighted by Gasteiger charge is 2.46. The molecule has 25 heavy (non-hydrogen) atoms. The van der Waals surface area contributed by atoms with Crippen LogP contribution in [0.4, 0.5) is 0 Å². The number of aliphatic hydroxyl groups excluding tert-OH is 6. The van der Waals surface area contributed by atoms with Crippen LogP contribution in [0.3, 0.4) is 0 Å². The molecule has 0 saturated carbocycles. The summed E-state index contributed by atoms with van der Waals surface area (Å²) in [6.45, 7) is -0.401.